The molecule has 1 aromatic carbocycles. The van der Waals surface area contributed by atoms with Crippen LogP contribution in [0.3, 0.4) is 0 Å². The van der Waals surface area contributed by atoms with Crippen LogP contribution in [-0.4, -0.2) is 41.9 Å². The lowest BCUT2D eigenvalue weighted by atomic mass is 9.78. The van der Waals surface area contributed by atoms with E-state index in [-0.39, 0.29) is 33.8 Å². The molecular formula is C15H18BrClFN3O3. The number of piperidine rings is 1. The maximum absolute atomic E-state index is 13.6. The van der Waals surface area contributed by atoms with Gasteiger partial charge in [0.05, 0.1) is 16.6 Å². The maximum atomic E-state index is 13.6. The molecule has 0 aliphatic carbocycles. The first-order valence-corrected chi connectivity index (χ1v) is 8.35. The Hall–Kier alpha value is -1.25. The van der Waals surface area contributed by atoms with Crippen molar-refractivity contribution in [2.75, 3.05) is 26.2 Å². The van der Waals surface area contributed by atoms with Gasteiger partial charge in [0.25, 0.3) is 11.6 Å². The summed E-state index contributed by atoms with van der Waals surface area (Å²) in [6, 6.07) is 1.87. The number of hydrogen-bond donors (Lipinski definition) is 1. The number of nitrogens with one attached hydrogen (secondary N) is 1. The van der Waals surface area contributed by atoms with Gasteiger partial charge >= 0.3 is 0 Å². The first-order chi connectivity index (χ1) is 10.9. The van der Waals surface area contributed by atoms with E-state index in [2.05, 4.69) is 21.2 Å². The SMILES string of the molecule is Cl.O=C(c1cc(F)cc([N+](=O)[O-])c1Br)N1CCC2(CCNC2)CC1. The van der Waals surface area contributed by atoms with Crippen molar-refractivity contribution in [3.63, 3.8) is 0 Å². The Morgan fingerprint density at radius 1 is 1.33 bits per heavy atom. The molecule has 2 aliphatic heterocycles. The van der Waals surface area contributed by atoms with E-state index < -0.39 is 16.4 Å². The molecule has 1 N–H and O–H groups in total. The molecular weight excluding hydrogens is 405 g/mol. The Bertz CT molecular complexity index is 658. The molecule has 0 bridgehead atoms. The van der Waals surface area contributed by atoms with Gasteiger partial charge in [-0.2, -0.15) is 0 Å². The van der Waals surface area contributed by atoms with E-state index in [1.54, 1.807) is 4.90 Å². The van der Waals surface area contributed by atoms with E-state index in [0.29, 0.717) is 13.1 Å². The van der Waals surface area contributed by atoms with E-state index in [1.807, 2.05) is 0 Å². The number of rotatable bonds is 2. The minimum absolute atomic E-state index is 0. The van der Waals surface area contributed by atoms with Crippen LogP contribution in [0, 0.1) is 21.3 Å². The molecule has 2 saturated heterocycles. The quantitative estimate of drug-likeness (QED) is 0.587. The first-order valence-electron chi connectivity index (χ1n) is 7.55. The molecule has 0 atom stereocenters. The van der Waals surface area contributed by atoms with Crippen LogP contribution < -0.4 is 5.32 Å². The minimum atomic E-state index is -0.781. The molecule has 1 spiro atoms. The van der Waals surface area contributed by atoms with Gasteiger partial charge < -0.3 is 10.2 Å². The maximum Gasteiger partial charge on any atom is 0.287 e. The number of carbonyl (C=O) groups is 1. The smallest absolute Gasteiger partial charge is 0.287 e. The zero-order valence-corrected chi connectivity index (χ0v) is 15.3. The van der Waals surface area contributed by atoms with E-state index in [4.69, 9.17) is 0 Å². The lowest BCUT2D eigenvalue weighted by Crippen LogP contribution is -2.44. The minimum Gasteiger partial charge on any atom is -0.339 e. The van der Waals surface area contributed by atoms with Gasteiger partial charge in [0.15, 0.2) is 0 Å². The summed E-state index contributed by atoms with van der Waals surface area (Å²) in [5.41, 5.74) is -0.152. The molecule has 6 nitrogen and oxygen atoms in total. The zero-order chi connectivity index (χ0) is 16.6. The highest BCUT2D eigenvalue weighted by Gasteiger charge is 2.38. The van der Waals surface area contributed by atoms with Crippen LogP contribution in [0.5, 0.6) is 0 Å². The molecule has 2 fully saturated rings. The summed E-state index contributed by atoms with van der Waals surface area (Å²) < 4.78 is 13.7. The van der Waals surface area contributed by atoms with Gasteiger partial charge in [0.1, 0.15) is 10.3 Å². The molecule has 1 aromatic rings. The summed E-state index contributed by atoms with van der Waals surface area (Å²) in [6.07, 6.45) is 2.92. The molecule has 0 radical (unpaired) electrons. The Kier molecular flexibility index (Phi) is 5.83. The van der Waals surface area contributed by atoms with E-state index in [0.717, 1.165) is 44.5 Å². The lowest BCUT2D eigenvalue weighted by molar-refractivity contribution is -0.385. The van der Waals surface area contributed by atoms with E-state index in [9.17, 15) is 19.3 Å². The van der Waals surface area contributed by atoms with Crippen LogP contribution in [0.4, 0.5) is 10.1 Å². The highest BCUT2D eigenvalue weighted by atomic mass is 79.9. The van der Waals surface area contributed by atoms with Crippen molar-refractivity contribution in [3.8, 4) is 0 Å². The third-order valence-corrected chi connectivity index (χ3v) is 5.72. The summed E-state index contributed by atoms with van der Waals surface area (Å²) in [5.74, 6) is -1.14. The first kappa shape index (κ1) is 19.1. The molecule has 24 heavy (non-hydrogen) atoms. The van der Waals surface area contributed by atoms with Crippen molar-refractivity contribution in [2.24, 2.45) is 5.41 Å². The lowest BCUT2D eigenvalue weighted by Gasteiger charge is -2.39. The number of hydrogen-bond acceptors (Lipinski definition) is 4. The molecule has 0 saturated carbocycles. The highest BCUT2D eigenvalue weighted by Crippen LogP contribution is 2.38. The van der Waals surface area contributed by atoms with Crippen LogP contribution in [-0.2, 0) is 0 Å². The largest absolute Gasteiger partial charge is 0.339 e. The molecule has 1 amide bonds. The molecule has 0 aromatic heterocycles. The third-order valence-electron chi connectivity index (χ3n) is 4.89. The Morgan fingerprint density at radius 3 is 2.54 bits per heavy atom. The molecule has 132 valence electrons. The number of nitrogens with zero attached hydrogens (tertiary/aromatic N) is 2. The summed E-state index contributed by atoms with van der Waals surface area (Å²) >= 11 is 3.08. The Morgan fingerprint density at radius 2 is 2.00 bits per heavy atom. The second-order valence-corrected chi connectivity index (χ2v) is 7.06. The van der Waals surface area contributed by atoms with Crippen molar-refractivity contribution in [3.05, 3.63) is 38.1 Å². The number of amides is 1. The predicted octanol–water partition coefficient (Wildman–Crippen LogP) is 3.13. The van der Waals surface area contributed by atoms with Crippen LogP contribution in [0.2, 0.25) is 0 Å². The number of nitro groups is 1. The molecule has 2 aliphatic rings. The van der Waals surface area contributed by atoms with Gasteiger partial charge in [0, 0.05) is 19.6 Å². The number of carbonyl (C=O) groups excluding carboxylic acids is 1. The van der Waals surface area contributed by atoms with Crippen molar-refractivity contribution in [1.82, 2.24) is 10.2 Å². The standard InChI is InChI=1S/C15H17BrFN3O3.ClH/c16-13-11(7-10(17)8-12(13)20(22)23)14(21)19-5-2-15(3-6-19)1-4-18-9-15;/h7-8,18H,1-6,9H2;1H. The Balaban J connectivity index is 0.00000208. The fraction of sp³-hybridized carbons (Fsp3) is 0.533. The average molecular weight is 423 g/mol. The number of nitro benzene ring substituents is 1. The van der Waals surface area contributed by atoms with Crippen molar-refractivity contribution < 1.29 is 14.1 Å². The summed E-state index contributed by atoms with van der Waals surface area (Å²) in [7, 11) is 0. The highest BCUT2D eigenvalue weighted by molar-refractivity contribution is 9.10. The predicted molar refractivity (Wildman–Crippen MR) is 93.1 cm³/mol. The number of likely N-dealkylation sites (tertiary alicyclic amines) is 1. The van der Waals surface area contributed by atoms with Gasteiger partial charge in [-0.05, 0) is 53.2 Å². The third kappa shape index (κ3) is 3.55. The molecule has 3 rings (SSSR count). The fourth-order valence-corrected chi connectivity index (χ4v) is 3.98. The van der Waals surface area contributed by atoms with E-state index in [1.165, 1.54) is 0 Å². The monoisotopic (exact) mass is 421 g/mol. The molecule has 2 heterocycles. The van der Waals surface area contributed by atoms with Crippen LogP contribution in [0.15, 0.2) is 16.6 Å². The van der Waals surface area contributed by atoms with Gasteiger partial charge in [-0.25, -0.2) is 4.39 Å². The molecule has 0 unspecified atom stereocenters. The topological polar surface area (TPSA) is 75.5 Å². The second kappa shape index (κ2) is 7.33. The second-order valence-electron chi connectivity index (χ2n) is 6.26. The molecule has 9 heteroatoms. The fourth-order valence-electron chi connectivity index (χ4n) is 3.44. The van der Waals surface area contributed by atoms with Gasteiger partial charge in [-0.3, -0.25) is 14.9 Å². The van der Waals surface area contributed by atoms with Crippen LogP contribution >= 0.6 is 28.3 Å². The zero-order valence-electron chi connectivity index (χ0n) is 12.9. The van der Waals surface area contributed by atoms with Crippen molar-refractivity contribution in [1.29, 1.82) is 0 Å². The number of benzene rings is 1. The summed E-state index contributed by atoms with van der Waals surface area (Å²) in [5, 5.41) is 14.3. The van der Waals surface area contributed by atoms with Gasteiger partial charge in [0.2, 0.25) is 0 Å². The van der Waals surface area contributed by atoms with Gasteiger partial charge in [-0.1, -0.05) is 0 Å². The normalized spacial score (nSPS) is 19.2. The van der Waals surface area contributed by atoms with Crippen LogP contribution in [0.25, 0.3) is 0 Å². The van der Waals surface area contributed by atoms with Crippen LogP contribution in [0.1, 0.15) is 29.6 Å². The van der Waals surface area contributed by atoms with Crippen molar-refractivity contribution >= 4 is 39.9 Å². The summed E-state index contributed by atoms with van der Waals surface area (Å²) in [4.78, 5) is 24.6. The van der Waals surface area contributed by atoms with Crippen molar-refractivity contribution in [2.45, 2.75) is 19.3 Å². The average Bonchev–Trinajstić information content (AvgIpc) is 2.97. The number of halogens is 3. The van der Waals surface area contributed by atoms with Gasteiger partial charge in [-0.15, -0.1) is 12.4 Å². The summed E-state index contributed by atoms with van der Waals surface area (Å²) in [6.45, 7) is 3.17. The van der Waals surface area contributed by atoms with E-state index >= 15 is 0 Å². The Labute approximate surface area is 153 Å².